The Labute approximate surface area is 376 Å². The van der Waals surface area contributed by atoms with Crippen molar-refractivity contribution in [3.05, 3.63) is 218 Å². The number of rotatable bonds is 8. The van der Waals surface area contributed by atoms with Gasteiger partial charge in [0.05, 0.1) is 16.6 Å². The lowest BCUT2D eigenvalue weighted by molar-refractivity contribution is 0.377. The first-order chi connectivity index (χ1) is 31.8. The van der Waals surface area contributed by atoms with E-state index in [4.69, 9.17) is 0 Å². The van der Waals surface area contributed by atoms with Crippen LogP contribution in [0.4, 0.5) is 17.1 Å². The zero-order valence-electron chi connectivity index (χ0n) is 35.4. The fourth-order valence-electron chi connectivity index (χ4n) is 9.41. The van der Waals surface area contributed by atoms with E-state index >= 15 is 0 Å². The van der Waals surface area contributed by atoms with Crippen molar-refractivity contribution in [2.45, 2.75) is 6.92 Å². The Morgan fingerprint density at radius 2 is 0.892 bits per heavy atom. The average Bonchev–Trinajstić information content (AvgIpc) is 3.71. The number of aromatic hydroxyl groups is 4. The maximum absolute atomic E-state index is 12.0. The Balaban J connectivity index is 1.02. The van der Waals surface area contributed by atoms with Crippen molar-refractivity contribution in [3.8, 4) is 73.2 Å². The van der Waals surface area contributed by atoms with Crippen molar-refractivity contribution in [1.82, 2.24) is 4.57 Å². The molecule has 312 valence electrons. The van der Waals surface area contributed by atoms with Gasteiger partial charge in [-0.1, -0.05) is 164 Å². The number of aromatic nitrogens is 1. The van der Waals surface area contributed by atoms with Crippen LogP contribution in [0.15, 0.2) is 212 Å². The molecule has 0 bridgehead atoms. The molecular formula is C59H42N2O4. The zero-order valence-corrected chi connectivity index (χ0v) is 35.4. The summed E-state index contributed by atoms with van der Waals surface area (Å²) in [4.78, 5) is 1.65. The number of para-hydroxylation sites is 1. The summed E-state index contributed by atoms with van der Waals surface area (Å²) in [6.07, 6.45) is 0. The molecule has 4 N–H and O–H groups in total. The Morgan fingerprint density at radius 3 is 1.62 bits per heavy atom. The van der Waals surface area contributed by atoms with Gasteiger partial charge in [-0.15, -0.1) is 0 Å². The second-order valence-electron chi connectivity index (χ2n) is 16.4. The Morgan fingerprint density at radius 1 is 0.385 bits per heavy atom. The molecule has 0 spiro atoms. The molecular weight excluding hydrogens is 801 g/mol. The molecule has 6 nitrogen and oxygen atoms in total. The molecule has 11 rings (SSSR count). The quantitative estimate of drug-likeness (QED) is 0.0904. The SMILES string of the molecule is Cc1cccc2c1c1ccccc1n2-c1cccc(-c2ccc(N(c3ccc(-c4cccc5ccccc45)cc3)c3c(O)c(O)c(-c4ccc(-c5ccccc5)cc4)c(O)c3O)cc2)c1. The molecule has 6 heteroatoms. The van der Waals surface area contributed by atoms with Crippen LogP contribution in [0, 0.1) is 6.92 Å². The van der Waals surface area contributed by atoms with E-state index in [1.54, 1.807) is 17.0 Å². The van der Waals surface area contributed by atoms with E-state index in [2.05, 4.69) is 102 Å². The van der Waals surface area contributed by atoms with Crippen LogP contribution in [-0.2, 0) is 0 Å². The molecule has 0 aliphatic carbocycles. The van der Waals surface area contributed by atoms with Gasteiger partial charge in [0.2, 0.25) is 0 Å². The highest BCUT2D eigenvalue weighted by Crippen LogP contribution is 2.58. The molecule has 0 radical (unpaired) electrons. The Hall–Kier alpha value is -8.74. The van der Waals surface area contributed by atoms with Gasteiger partial charge in [-0.05, 0) is 111 Å². The standard InChI is InChI=1S/C59H42N2O4/c1-37-12-9-23-52-53(37)50-20-7-8-22-51(50)61(52)47-18-10-17-44(36-47)40-28-32-45(33-29-40)60(46-34-30-42(31-35-46)49-21-11-16-41-15-5-6-19-48(41)49)55-58(64)56(62)54(57(63)59(55)65)43-26-24-39(25-27-43)38-13-3-2-4-14-38/h2-36,62-65H,1H3. The largest absolute Gasteiger partial charge is 0.504 e. The van der Waals surface area contributed by atoms with Gasteiger partial charge in [-0.3, -0.25) is 0 Å². The third kappa shape index (κ3) is 6.67. The highest BCUT2D eigenvalue weighted by Gasteiger charge is 2.30. The Bertz CT molecular complexity index is 3540. The minimum atomic E-state index is -0.584. The highest BCUT2D eigenvalue weighted by atomic mass is 16.3. The second-order valence-corrected chi connectivity index (χ2v) is 16.4. The van der Waals surface area contributed by atoms with Crippen LogP contribution in [0.25, 0.3) is 82.8 Å². The smallest absolute Gasteiger partial charge is 0.186 e. The topological polar surface area (TPSA) is 89.1 Å². The van der Waals surface area contributed by atoms with E-state index in [-0.39, 0.29) is 11.3 Å². The Kier molecular flexibility index (Phi) is 9.55. The van der Waals surface area contributed by atoms with Gasteiger partial charge in [0.25, 0.3) is 0 Å². The molecule has 10 aromatic carbocycles. The first-order valence-electron chi connectivity index (χ1n) is 21.6. The van der Waals surface area contributed by atoms with Crippen molar-refractivity contribution < 1.29 is 20.4 Å². The third-order valence-electron chi connectivity index (χ3n) is 12.6. The summed E-state index contributed by atoms with van der Waals surface area (Å²) in [5, 5.41) is 52.1. The number of fused-ring (bicyclic) bond motifs is 4. The van der Waals surface area contributed by atoms with E-state index in [0.717, 1.165) is 60.9 Å². The predicted octanol–water partition coefficient (Wildman–Crippen LogP) is 15.2. The molecule has 0 aliphatic rings. The molecule has 0 aliphatic heterocycles. The number of anilines is 3. The summed E-state index contributed by atoms with van der Waals surface area (Å²) < 4.78 is 2.31. The molecule has 11 aromatic rings. The molecule has 0 saturated heterocycles. The monoisotopic (exact) mass is 842 g/mol. The highest BCUT2D eigenvalue weighted by molar-refractivity contribution is 6.11. The average molecular weight is 843 g/mol. The minimum Gasteiger partial charge on any atom is -0.504 e. The number of phenolic OH excluding ortho intramolecular Hbond substituents is 4. The second kappa shape index (κ2) is 15.9. The fraction of sp³-hybridized carbons (Fsp3) is 0.0169. The van der Waals surface area contributed by atoms with Crippen molar-refractivity contribution in [2.75, 3.05) is 4.90 Å². The lowest BCUT2D eigenvalue weighted by atomic mass is 9.96. The molecule has 0 amide bonds. The minimum absolute atomic E-state index is 0.0803. The fourth-order valence-corrected chi connectivity index (χ4v) is 9.41. The maximum atomic E-state index is 12.0. The number of hydrogen-bond donors (Lipinski definition) is 4. The lowest BCUT2D eigenvalue weighted by Gasteiger charge is -2.28. The van der Waals surface area contributed by atoms with Crippen LogP contribution in [0.1, 0.15) is 5.56 Å². The molecule has 0 fully saturated rings. The van der Waals surface area contributed by atoms with Crippen LogP contribution >= 0.6 is 0 Å². The maximum Gasteiger partial charge on any atom is 0.186 e. The molecule has 0 unspecified atom stereocenters. The van der Waals surface area contributed by atoms with Crippen LogP contribution in [0.5, 0.6) is 23.0 Å². The van der Waals surface area contributed by atoms with Crippen LogP contribution in [0.3, 0.4) is 0 Å². The van der Waals surface area contributed by atoms with E-state index in [1.165, 1.54) is 16.3 Å². The van der Waals surface area contributed by atoms with Crippen LogP contribution in [-0.4, -0.2) is 25.0 Å². The first kappa shape index (κ1) is 39.1. The van der Waals surface area contributed by atoms with Gasteiger partial charge in [-0.2, -0.15) is 0 Å². The number of hydrogen-bond acceptors (Lipinski definition) is 5. The van der Waals surface area contributed by atoms with E-state index in [9.17, 15) is 20.4 Å². The first-order valence-corrected chi connectivity index (χ1v) is 21.6. The van der Waals surface area contributed by atoms with Crippen molar-refractivity contribution in [3.63, 3.8) is 0 Å². The van der Waals surface area contributed by atoms with Crippen molar-refractivity contribution in [2.24, 2.45) is 0 Å². The lowest BCUT2D eigenvalue weighted by Crippen LogP contribution is -2.11. The van der Waals surface area contributed by atoms with Gasteiger partial charge in [0, 0.05) is 27.8 Å². The molecule has 65 heavy (non-hydrogen) atoms. The van der Waals surface area contributed by atoms with E-state index in [0.29, 0.717) is 16.9 Å². The summed E-state index contributed by atoms with van der Waals surface area (Å²) in [6.45, 7) is 2.15. The molecule has 0 atom stereocenters. The summed E-state index contributed by atoms with van der Waals surface area (Å²) in [5.74, 6) is -2.29. The number of aryl methyl sites for hydroxylation is 1. The molecule has 1 aromatic heterocycles. The summed E-state index contributed by atoms with van der Waals surface area (Å²) >= 11 is 0. The van der Waals surface area contributed by atoms with Gasteiger partial charge in [-0.25, -0.2) is 0 Å². The normalized spacial score (nSPS) is 11.4. The summed E-state index contributed by atoms with van der Waals surface area (Å²) in [7, 11) is 0. The summed E-state index contributed by atoms with van der Waals surface area (Å²) in [5.41, 5.74) is 11.8. The van der Waals surface area contributed by atoms with Crippen LogP contribution < -0.4 is 4.90 Å². The van der Waals surface area contributed by atoms with Gasteiger partial charge in [0.15, 0.2) is 23.0 Å². The van der Waals surface area contributed by atoms with Crippen LogP contribution in [0.2, 0.25) is 0 Å². The molecule has 0 saturated carbocycles. The van der Waals surface area contributed by atoms with Crippen molar-refractivity contribution >= 4 is 49.6 Å². The summed E-state index contributed by atoms with van der Waals surface area (Å²) in [6, 6.07) is 70.6. The predicted molar refractivity (Wildman–Crippen MR) is 266 cm³/mol. The van der Waals surface area contributed by atoms with Gasteiger partial charge < -0.3 is 29.9 Å². The van der Waals surface area contributed by atoms with Crippen molar-refractivity contribution in [1.29, 1.82) is 0 Å². The van der Waals surface area contributed by atoms with E-state index in [1.807, 2.05) is 109 Å². The number of benzene rings is 10. The number of phenols is 4. The van der Waals surface area contributed by atoms with Gasteiger partial charge in [0.1, 0.15) is 5.69 Å². The zero-order chi connectivity index (χ0) is 44.2. The molecule has 1 heterocycles. The van der Waals surface area contributed by atoms with E-state index < -0.39 is 23.0 Å². The van der Waals surface area contributed by atoms with Gasteiger partial charge >= 0.3 is 0 Å². The third-order valence-corrected chi connectivity index (χ3v) is 12.6. The number of nitrogens with zero attached hydrogens (tertiary/aromatic N) is 2.